The summed E-state index contributed by atoms with van der Waals surface area (Å²) in [5.41, 5.74) is 1.16. The van der Waals surface area contributed by atoms with Gasteiger partial charge in [0.2, 0.25) is 0 Å². The van der Waals surface area contributed by atoms with Crippen LogP contribution >= 0.6 is 11.8 Å². The van der Waals surface area contributed by atoms with Gasteiger partial charge in [0.15, 0.2) is 0 Å². The molecule has 0 radical (unpaired) electrons. The van der Waals surface area contributed by atoms with Gasteiger partial charge in [-0.25, -0.2) is 9.00 Å². The van der Waals surface area contributed by atoms with Crippen LogP contribution in [0.25, 0.3) is 0 Å². The zero-order valence-corrected chi connectivity index (χ0v) is 13.3. The molecule has 0 bridgehead atoms. The molecule has 0 aromatic heterocycles. The number of para-hydroxylation sites is 1. The molecule has 0 atom stereocenters. The average Bonchev–Trinajstić information content (AvgIpc) is 2.40. The normalized spacial score (nSPS) is 15.8. The standard InChI is InChI=1S/C13H19N3O2S2/c1-20(2,18)15-12-6-4-3-5-11(12)14-13(17)16-7-9-19-10-8-16/h3-6H,7-10H2,1-2H3,(H,14,17). The zero-order chi connectivity index (χ0) is 14.6. The molecule has 0 unspecified atom stereocenters. The largest absolute Gasteiger partial charge is 0.323 e. The number of amides is 2. The molecule has 0 aliphatic carbocycles. The van der Waals surface area contributed by atoms with Crippen molar-refractivity contribution in [1.29, 1.82) is 0 Å². The summed E-state index contributed by atoms with van der Waals surface area (Å²) in [6, 6.07) is 7.06. The first kappa shape index (κ1) is 15.2. The van der Waals surface area contributed by atoms with Crippen molar-refractivity contribution >= 4 is 38.9 Å². The number of hydrogen-bond acceptors (Lipinski definition) is 4. The van der Waals surface area contributed by atoms with Gasteiger partial charge in [-0.3, -0.25) is 0 Å². The Morgan fingerprint density at radius 1 is 1.30 bits per heavy atom. The summed E-state index contributed by atoms with van der Waals surface area (Å²) in [6.45, 7) is 1.52. The first-order valence-corrected chi connectivity index (χ1v) is 9.84. The third-order valence-corrected chi connectivity index (χ3v) is 4.34. The van der Waals surface area contributed by atoms with Crippen molar-refractivity contribution in [1.82, 2.24) is 4.90 Å². The highest BCUT2D eigenvalue weighted by molar-refractivity contribution is 7.99. The van der Waals surface area contributed by atoms with Crippen LogP contribution in [0.5, 0.6) is 0 Å². The van der Waals surface area contributed by atoms with Crippen LogP contribution in [0.3, 0.4) is 0 Å². The highest BCUT2D eigenvalue weighted by Crippen LogP contribution is 2.26. The third kappa shape index (κ3) is 4.42. The van der Waals surface area contributed by atoms with Gasteiger partial charge in [-0.1, -0.05) is 12.1 Å². The monoisotopic (exact) mass is 313 g/mol. The van der Waals surface area contributed by atoms with Gasteiger partial charge in [0, 0.05) is 46.8 Å². The smallest absolute Gasteiger partial charge is 0.321 e. The maximum Gasteiger partial charge on any atom is 0.321 e. The number of nitrogens with zero attached hydrogens (tertiary/aromatic N) is 2. The van der Waals surface area contributed by atoms with Gasteiger partial charge in [-0.05, 0) is 12.1 Å². The number of hydrogen-bond donors (Lipinski definition) is 1. The van der Waals surface area contributed by atoms with E-state index in [2.05, 4.69) is 9.68 Å². The molecule has 1 N–H and O–H groups in total. The van der Waals surface area contributed by atoms with E-state index in [-0.39, 0.29) is 6.03 Å². The molecule has 1 aromatic carbocycles. The molecule has 1 heterocycles. The Kier molecular flexibility index (Phi) is 4.93. The Morgan fingerprint density at radius 3 is 2.60 bits per heavy atom. The van der Waals surface area contributed by atoms with Gasteiger partial charge < -0.3 is 10.2 Å². The summed E-state index contributed by atoms with van der Waals surface area (Å²) < 4.78 is 16.0. The van der Waals surface area contributed by atoms with E-state index in [1.54, 1.807) is 29.5 Å². The van der Waals surface area contributed by atoms with Gasteiger partial charge >= 0.3 is 6.03 Å². The van der Waals surface area contributed by atoms with E-state index >= 15 is 0 Å². The molecule has 7 heteroatoms. The molecule has 1 saturated heterocycles. The van der Waals surface area contributed by atoms with E-state index in [0.29, 0.717) is 11.4 Å². The lowest BCUT2D eigenvalue weighted by atomic mass is 10.3. The zero-order valence-electron chi connectivity index (χ0n) is 11.7. The first-order valence-electron chi connectivity index (χ1n) is 6.35. The Balaban J connectivity index is 2.17. The number of nitrogens with one attached hydrogen (secondary N) is 1. The maximum atomic E-state index is 12.2. The lowest BCUT2D eigenvalue weighted by Crippen LogP contribution is -2.40. The molecule has 2 amide bonds. The van der Waals surface area contributed by atoms with Gasteiger partial charge in [-0.15, -0.1) is 0 Å². The Bertz CT molecular complexity index is 595. The van der Waals surface area contributed by atoms with Crippen LogP contribution < -0.4 is 5.32 Å². The van der Waals surface area contributed by atoms with Crippen molar-refractivity contribution in [2.45, 2.75) is 0 Å². The molecule has 110 valence electrons. The van der Waals surface area contributed by atoms with Gasteiger partial charge in [-0.2, -0.15) is 16.1 Å². The van der Waals surface area contributed by atoms with Crippen LogP contribution in [0.1, 0.15) is 0 Å². The number of urea groups is 1. The van der Waals surface area contributed by atoms with Gasteiger partial charge in [0.1, 0.15) is 0 Å². The lowest BCUT2D eigenvalue weighted by molar-refractivity contribution is 0.217. The predicted molar refractivity (Wildman–Crippen MR) is 86.4 cm³/mol. The molecular formula is C13H19N3O2S2. The van der Waals surface area contributed by atoms with Crippen molar-refractivity contribution in [3.8, 4) is 0 Å². The topological polar surface area (TPSA) is 61.8 Å². The molecule has 1 aliphatic rings. The SMILES string of the molecule is CS(C)(=O)=Nc1ccccc1NC(=O)N1CCSCC1. The summed E-state index contributed by atoms with van der Waals surface area (Å²) in [5, 5.41) is 2.86. The number of benzene rings is 1. The van der Waals surface area contributed by atoms with Crippen LogP contribution in [0, 0.1) is 0 Å². The van der Waals surface area contributed by atoms with Crippen molar-refractivity contribution in [2.75, 3.05) is 42.4 Å². The average molecular weight is 313 g/mol. The van der Waals surface area contributed by atoms with Crippen molar-refractivity contribution in [3.63, 3.8) is 0 Å². The fourth-order valence-corrected chi connectivity index (χ4v) is 3.39. The van der Waals surface area contributed by atoms with Crippen LogP contribution in [-0.2, 0) is 9.73 Å². The first-order chi connectivity index (χ1) is 9.46. The van der Waals surface area contributed by atoms with Gasteiger partial charge in [0.25, 0.3) is 0 Å². The van der Waals surface area contributed by atoms with E-state index in [1.165, 1.54) is 0 Å². The van der Waals surface area contributed by atoms with Crippen LogP contribution in [0.15, 0.2) is 28.6 Å². The van der Waals surface area contributed by atoms with Gasteiger partial charge in [0.05, 0.1) is 11.4 Å². The Morgan fingerprint density at radius 2 is 1.95 bits per heavy atom. The fraction of sp³-hybridized carbons (Fsp3) is 0.462. The highest BCUT2D eigenvalue weighted by atomic mass is 32.2. The summed E-state index contributed by atoms with van der Waals surface area (Å²) in [7, 11) is -2.25. The van der Waals surface area contributed by atoms with Crippen LogP contribution in [-0.4, -0.2) is 52.2 Å². The van der Waals surface area contributed by atoms with Crippen molar-refractivity contribution in [2.24, 2.45) is 4.36 Å². The minimum atomic E-state index is -2.25. The molecule has 5 nitrogen and oxygen atoms in total. The summed E-state index contributed by atoms with van der Waals surface area (Å²) in [4.78, 5) is 14.0. The number of thioether (sulfide) groups is 1. The fourth-order valence-electron chi connectivity index (χ4n) is 1.86. The highest BCUT2D eigenvalue weighted by Gasteiger charge is 2.17. The minimum Gasteiger partial charge on any atom is -0.323 e. The molecule has 1 aromatic rings. The third-order valence-electron chi connectivity index (χ3n) is 2.76. The van der Waals surface area contributed by atoms with Crippen molar-refractivity contribution in [3.05, 3.63) is 24.3 Å². The van der Waals surface area contributed by atoms with E-state index in [1.807, 2.05) is 23.9 Å². The van der Waals surface area contributed by atoms with E-state index in [9.17, 15) is 9.00 Å². The quantitative estimate of drug-likeness (QED) is 0.913. The van der Waals surface area contributed by atoms with Crippen molar-refractivity contribution < 1.29 is 9.00 Å². The summed E-state index contributed by atoms with van der Waals surface area (Å²) >= 11 is 1.86. The predicted octanol–water partition coefficient (Wildman–Crippen LogP) is 2.63. The number of anilines is 1. The van der Waals surface area contributed by atoms with Crippen LogP contribution in [0.2, 0.25) is 0 Å². The second kappa shape index (κ2) is 6.49. The maximum absolute atomic E-state index is 12.2. The molecule has 1 aliphatic heterocycles. The summed E-state index contributed by atoms with van der Waals surface area (Å²) in [6.07, 6.45) is 3.15. The Labute approximate surface area is 124 Å². The molecule has 1 fully saturated rings. The second-order valence-electron chi connectivity index (χ2n) is 4.82. The molecule has 20 heavy (non-hydrogen) atoms. The van der Waals surface area contributed by atoms with E-state index in [0.717, 1.165) is 24.6 Å². The second-order valence-corrected chi connectivity index (χ2v) is 8.59. The Hall–Kier alpha value is -1.21. The molecule has 0 spiro atoms. The van der Waals surface area contributed by atoms with E-state index in [4.69, 9.17) is 0 Å². The number of rotatable bonds is 2. The lowest BCUT2D eigenvalue weighted by Gasteiger charge is -2.26. The van der Waals surface area contributed by atoms with E-state index < -0.39 is 9.73 Å². The minimum absolute atomic E-state index is 0.119. The molecule has 0 saturated carbocycles. The van der Waals surface area contributed by atoms with Crippen LogP contribution in [0.4, 0.5) is 16.2 Å². The molecule has 2 rings (SSSR count). The number of carbonyl (C=O) groups excluding carboxylic acids is 1. The number of carbonyl (C=O) groups is 1. The molecular weight excluding hydrogens is 294 g/mol. The summed E-state index contributed by atoms with van der Waals surface area (Å²) in [5.74, 6) is 1.94.